The number of pyridine rings is 2. The number of ether oxygens (including phenoxy) is 1. The maximum atomic E-state index is 13.4. The molecule has 1 aromatic carbocycles. The van der Waals surface area contributed by atoms with Crippen LogP contribution >= 0.6 is 11.6 Å². The number of nitrogens with two attached hydrogens (primary N) is 1. The number of anilines is 1. The molecule has 3 N–H and O–H groups in total. The van der Waals surface area contributed by atoms with E-state index in [-0.39, 0.29) is 5.91 Å². The smallest absolute Gasteiger partial charge is 0.253 e. The van der Waals surface area contributed by atoms with Crippen LogP contribution in [0.4, 0.5) is 5.82 Å². The molecule has 0 saturated carbocycles. The van der Waals surface area contributed by atoms with Crippen molar-refractivity contribution in [3.63, 3.8) is 0 Å². The third kappa shape index (κ3) is 4.40. The number of nitrogen functional groups attached to an aromatic ring is 1. The zero-order valence-corrected chi connectivity index (χ0v) is 20.8. The van der Waals surface area contributed by atoms with Gasteiger partial charge in [0.2, 0.25) is 5.88 Å². The molecule has 4 aromatic heterocycles. The summed E-state index contributed by atoms with van der Waals surface area (Å²) in [5.41, 5.74) is 11.4. The first-order valence-electron chi connectivity index (χ1n) is 11.3. The van der Waals surface area contributed by atoms with Gasteiger partial charge in [-0.15, -0.1) is 0 Å². The number of carbonyl (C=O) groups is 1. The van der Waals surface area contributed by atoms with Gasteiger partial charge in [0.15, 0.2) is 0 Å². The summed E-state index contributed by atoms with van der Waals surface area (Å²) in [5, 5.41) is 5.06. The Bertz CT molecular complexity index is 1610. The van der Waals surface area contributed by atoms with E-state index in [0.29, 0.717) is 46.4 Å². The Hall–Kier alpha value is -4.24. The van der Waals surface area contributed by atoms with Crippen LogP contribution in [0.25, 0.3) is 21.9 Å². The van der Waals surface area contributed by atoms with E-state index in [1.807, 2.05) is 42.7 Å². The molecule has 10 heteroatoms. The van der Waals surface area contributed by atoms with Crippen molar-refractivity contribution >= 4 is 45.3 Å². The number of methoxy groups -OCH3 is 1. The van der Waals surface area contributed by atoms with Crippen molar-refractivity contribution in [2.24, 2.45) is 0 Å². The highest BCUT2D eigenvalue weighted by Gasteiger charge is 2.21. The topological polar surface area (TPSA) is 121 Å². The Kier molecular flexibility index (Phi) is 6.15. The number of nitrogens with zero attached hydrogens (tertiary/aromatic N) is 5. The first kappa shape index (κ1) is 23.5. The number of aryl methyl sites for hydroxylation is 2. The van der Waals surface area contributed by atoms with E-state index in [9.17, 15) is 4.79 Å². The summed E-state index contributed by atoms with van der Waals surface area (Å²) in [4.78, 5) is 30.7. The third-order valence-corrected chi connectivity index (χ3v) is 6.33. The number of benzene rings is 1. The van der Waals surface area contributed by atoms with Crippen LogP contribution < -0.4 is 15.8 Å². The Morgan fingerprint density at radius 2 is 2.00 bits per heavy atom. The second kappa shape index (κ2) is 9.43. The normalized spacial score (nSPS) is 11.2. The van der Waals surface area contributed by atoms with Crippen LogP contribution in [0, 0.1) is 13.8 Å². The van der Waals surface area contributed by atoms with Crippen LogP contribution in [0.5, 0.6) is 5.88 Å². The number of halogens is 1. The van der Waals surface area contributed by atoms with E-state index in [2.05, 4.69) is 25.3 Å². The number of amides is 1. The minimum atomic E-state index is -0.267. The molecule has 5 aromatic rings. The Morgan fingerprint density at radius 1 is 1.17 bits per heavy atom. The lowest BCUT2D eigenvalue weighted by Gasteiger charge is -2.11. The number of carbonyl (C=O) groups excluding carboxylic acids is 1. The highest BCUT2D eigenvalue weighted by Crippen LogP contribution is 2.29. The van der Waals surface area contributed by atoms with Crippen molar-refractivity contribution in [2.75, 3.05) is 12.8 Å². The predicted octanol–water partition coefficient (Wildman–Crippen LogP) is 4.21. The van der Waals surface area contributed by atoms with E-state index < -0.39 is 0 Å². The fourth-order valence-electron chi connectivity index (χ4n) is 4.41. The molecule has 0 atom stereocenters. The van der Waals surface area contributed by atoms with Gasteiger partial charge in [-0.1, -0.05) is 17.7 Å². The lowest BCUT2D eigenvalue weighted by atomic mass is 10.1. The van der Waals surface area contributed by atoms with E-state index in [4.69, 9.17) is 22.1 Å². The fourth-order valence-corrected chi connectivity index (χ4v) is 4.58. The molecule has 0 radical (unpaired) electrons. The molecule has 0 bridgehead atoms. The largest absolute Gasteiger partial charge is 0.480 e. The summed E-state index contributed by atoms with van der Waals surface area (Å²) >= 11 is 6.13. The summed E-state index contributed by atoms with van der Waals surface area (Å²) in [5.74, 6) is 0.522. The maximum absolute atomic E-state index is 13.4. The molecule has 1 amide bonds. The number of hydrogen-bond donors (Lipinski definition) is 2. The van der Waals surface area contributed by atoms with Crippen LogP contribution in [0.1, 0.15) is 32.7 Å². The molecule has 0 aliphatic carbocycles. The van der Waals surface area contributed by atoms with Crippen LogP contribution in [-0.2, 0) is 13.1 Å². The molecule has 0 spiro atoms. The molecule has 5 rings (SSSR count). The van der Waals surface area contributed by atoms with Gasteiger partial charge < -0.3 is 20.4 Å². The lowest BCUT2D eigenvalue weighted by molar-refractivity contribution is 0.0952. The van der Waals surface area contributed by atoms with Crippen molar-refractivity contribution in [1.82, 2.24) is 29.8 Å². The van der Waals surface area contributed by atoms with Gasteiger partial charge in [-0.3, -0.25) is 9.78 Å². The summed E-state index contributed by atoms with van der Waals surface area (Å²) in [6.07, 6.45) is 4.83. The zero-order valence-electron chi connectivity index (χ0n) is 20.0. The molecule has 0 fully saturated rings. The number of rotatable bonds is 6. The number of nitrogens with one attached hydrogen (secondary N) is 1. The SMILES string of the molecule is COc1ncnc2c1c(C(=O)NCc1c(C)cc(N)nc1C)cn2Cc1ccc2ncc(Cl)cc2c1. The minimum absolute atomic E-state index is 0.267. The Labute approximate surface area is 212 Å². The van der Waals surface area contributed by atoms with Gasteiger partial charge in [0.05, 0.1) is 28.6 Å². The third-order valence-electron chi connectivity index (χ3n) is 6.12. The molecule has 0 aliphatic heterocycles. The Balaban J connectivity index is 1.50. The fraction of sp³-hybridized carbons (Fsp3) is 0.192. The summed E-state index contributed by atoms with van der Waals surface area (Å²) in [6.45, 7) is 4.61. The molecule has 36 heavy (non-hydrogen) atoms. The highest BCUT2D eigenvalue weighted by molar-refractivity contribution is 6.31. The van der Waals surface area contributed by atoms with E-state index in [1.165, 1.54) is 13.4 Å². The molecule has 4 heterocycles. The van der Waals surface area contributed by atoms with Crippen molar-refractivity contribution in [1.29, 1.82) is 0 Å². The minimum Gasteiger partial charge on any atom is -0.480 e. The first-order chi connectivity index (χ1) is 17.3. The number of hydrogen-bond acceptors (Lipinski definition) is 7. The molecule has 0 aliphatic rings. The van der Waals surface area contributed by atoms with Gasteiger partial charge in [0.1, 0.15) is 17.8 Å². The van der Waals surface area contributed by atoms with Gasteiger partial charge in [-0.25, -0.2) is 15.0 Å². The van der Waals surface area contributed by atoms with Crippen molar-refractivity contribution < 1.29 is 9.53 Å². The van der Waals surface area contributed by atoms with Crippen LogP contribution in [0.2, 0.25) is 5.02 Å². The summed E-state index contributed by atoms with van der Waals surface area (Å²) in [7, 11) is 1.52. The van der Waals surface area contributed by atoms with E-state index >= 15 is 0 Å². The van der Waals surface area contributed by atoms with E-state index in [1.54, 1.807) is 18.5 Å². The summed E-state index contributed by atoms with van der Waals surface area (Å²) < 4.78 is 7.39. The standard InChI is InChI=1S/C26H24ClN7O2/c1-14-6-22(28)33-15(2)19(14)10-30-25(35)20-12-34(24-23(20)26(36-3)32-13-31-24)11-16-4-5-21-17(7-16)8-18(27)9-29-21/h4-9,12-13H,10-11H2,1-3H3,(H2,28,33)(H,30,35). The quantitative estimate of drug-likeness (QED) is 0.357. The van der Waals surface area contributed by atoms with Crippen LogP contribution in [0.3, 0.4) is 0 Å². The zero-order chi connectivity index (χ0) is 25.4. The van der Waals surface area contributed by atoms with Gasteiger partial charge >= 0.3 is 0 Å². The highest BCUT2D eigenvalue weighted by atomic mass is 35.5. The molecule has 182 valence electrons. The van der Waals surface area contributed by atoms with Crippen LogP contribution in [0.15, 0.2) is 49.1 Å². The lowest BCUT2D eigenvalue weighted by Crippen LogP contribution is -2.24. The number of fused-ring (bicyclic) bond motifs is 2. The molecular formula is C26H24ClN7O2. The van der Waals surface area contributed by atoms with E-state index in [0.717, 1.165) is 33.3 Å². The average Bonchev–Trinajstić information content (AvgIpc) is 3.21. The molecule has 0 saturated heterocycles. The van der Waals surface area contributed by atoms with Gasteiger partial charge in [0.25, 0.3) is 5.91 Å². The second-order valence-corrected chi connectivity index (χ2v) is 8.98. The molecule has 9 nitrogen and oxygen atoms in total. The average molecular weight is 502 g/mol. The molecule has 0 unspecified atom stereocenters. The van der Waals surface area contributed by atoms with Crippen molar-refractivity contribution in [2.45, 2.75) is 26.9 Å². The first-order valence-corrected chi connectivity index (χ1v) is 11.6. The van der Waals surface area contributed by atoms with Crippen LogP contribution in [-0.4, -0.2) is 37.5 Å². The van der Waals surface area contributed by atoms with Crippen molar-refractivity contribution in [3.8, 4) is 5.88 Å². The Morgan fingerprint density at radius 3 is 2.78 bits per heavy atom. The maximum Gasteiger partial charge on any atom is 0.253 e. The second-order valence-electron chi connectivity index (χ2n) is 8.54. The monoisotopic (exact) mass is 501 g/mol. The molecular weight excluding hydrogens is 478 g/mol. The van der Waals surface area contributed by atoms with Gasteiger partial charge in [-0.2, -0.15) is 0 Å². The van der Waals surface area contributed by atoms with Gasteiger partial charge in [-0.05, 0) is 54.8 Å². The summed E-state index contributed by atoms with van der Waals surface area (Å²) in [6, 6.07) is 9.64. The van der Waals surface area contributed by atoms with Gasteiger partial charge in [0, 0.05) is 36.6 Å². The predicted molar refractivity (Wildman–Crippen MR) is 139 cm³/mol. The number of aromatic nitrogens is 5. The van der Waals surface area contributed by atoms with Crippen molar-refractivity contribution in [3.05, 3.63) is 82.0 Å².